The number of carbonyl (C=O) groups excluding carboxylic acids is 2. The van der Waals surface area contributed by atoms with Gasteiger partial charge < -0.3 is 15.0 Å². The molecular weight excluding hydrogens is 352 g/mol. The lowest BCUT2D eigenvalue weighted by Crippen LogP contribution is -2.51. The normalized spacial score (nSPS) is 22.9. The lowest BCUT2D eigenvalue weighted by atomic mass is 9.80. The van der Waals surface area contributed by atoms with Crippen LogP contribution in [-0.2, 0) is 16.1 Å². The Morgan fingerprint density at radius 1 is 1.25 bits per heavy atom. The number of benzene rings is 1. The molecule has 0 aromatic heterocycles. The van der Waals surface area contributed by atoms with Gasteiger partial charge in [-0.15, -0.1) is 0 Å². The van der Waals surface area contributed by atoms with E-state index in [2.05, 4.69) is 5.32 Å². The summed E-state index contributed by atoms with van der Waals surface area (Å²) in [6, 6.07) is 7.73. The Morgan fingerprint density at radius 3 is 2.79 bits per heavy atom. The van der Waals surface area contributed by atoms with Crippen LogP contribution in [0.15, 0.2) is 24.3 Å². The van der Waals surface area contributed by atoms with Crippen molar-refractivity contribution in [3.63, 3.8) is 0 Å². The Morgan fingerprint density at radius 2 is 2.04 bits per heavy atom. The molecule has 1 heterocycles. The van der Waals surface area contributed by atoms with Gasteiger partial charge in [0.2, 0.25) is 11.8 Å². The quantitative estimate of drug-likeness (QED) is 0.773. The van der Waals surface area contributed by atoms with Crippen molar-refractivity contribution in [3.8, 4) is 5.75 Å². The maximum atomic E-state index is 12.9. The van der Waals surface area contributed by atoms with Crippen molar-refractivity contribution in [2.75, 3.05) is 20.2 Å². The number of carbonyl (C=O) groups is 2. The first kappa shape index (κ1) is 20.7. The summed E-state index contributed by atoms with van der Waals surface area (Å²) in [5, 5.41) is 3.06. The van der Waals surface area contributed by atoms with E-state index in [0.717, 1.165) is 43.0 Å². The van der Waals surface area contributed by atoms with E-state index in [4.69, 9.17) is 4.74 Å². The van der Waals surface area contributed by atoms with Crippen molar-refractivity contribution in [2.45, 2.75) is 64.8 Å². The van der Waals surface area contributed by atoms with E-state index in [1.54, 1.807) is 7.11 Å². The molecule has 5 heteroatoms. The number of piperidine rings is 1. The number of rotatable bonds is 7. The summed E-state index contributed by atoms with van der Waals surface area (Å²) in [5.41, 5.74) is 0.497. The van der Waals surface area contributed by atoms with Gasteiger partial charge in [0.15, 0.2) is 0 Å². The summed E-state index contributed by atoms with van der Waals surface area (Å²) in [4.78, 5) is 27.5. The van der Waals surface area contributed by atoms with Gasteiger partial charge in [0, 0.05) is 26.1 Å². The molecule has 3 rings (SSSR count). The SMILES string of the molecule is COc1cccc(CNC(=O)[C@@]2(C)CCCN(C(=O)CCC3CCCC3)C2)c1. The molecule has 1 aromatic carbocycles. The molecule has 28 heavy (non-hydrogen) atoms. The average Bonchev–Trinajstić information content (AvgIpc) is 3.24. The average molecular weight is 387 g/mol. The number of hydrogen-bond acceptors (Lipinski definition) is 3. The summed E-state index contributed by atoms with van der Waals surface area (Å²) in [6.07, 6.45) is 8.53. The van der Waals surface area contributed by atoms with E-state index < -0.39 is 5.41 Å². The smallest absolute Gasteiger partial charge is 0.227 e. The molecule has 1 saturated carbocycles. The fraction of sp³-hybridized carbons (Fsp3) is 0.652. The molecule has 2 fully saturated rings. The standard InChI is InChI=1S/C23H34N2O3/c1-23(22(27)24-16-19-9-5-10-20(15-19)28-2)13-6-14-25(17-23)21(26)12-11-18-7-3-4-8-18/h5,9-10,15,18H,3-4,6-8,11-14,16-17H2,1-2H3,(H,24,27)/t23-/m0/s1. The Bertz CT molecular complexity index is 684. The third-order valence-corrected chi connectivity index (χ3v) is 6.43. The van der Waals surface area contributed by atoms with Crippen LogP contribution in [0.25, 0.3) is 0 Å². The molecule has 1 aliphatic heterocycles. The largest absolute Gasteiger partial charge is 0.497 e. The summed E-state index contributed by atoms with van der Waals surface area (Å²) in [6.45, 7) is 3.77. The Kier molecular flexibility index (Phi) is 6.97. The highest BCUT2D eigenvalue weighted by Gasteiger charge is 2.39. The summed E-state index contributed by atoms with van der Waals surface area (Å²) >= 11 is 0. The van der Waals surface area contributed by atoms with Crippen LogP contribution in [0.4, 0.5) is 0 Å². The second kappa shape index (κ2) is 9.44. The number of likely N-dealkylation sites (tertiary alicyclic amines) is 1. The van der Waals surface area contributed by atoms with Crippen LogP contribution in [0.3, 0.4) is 0 Å². The van der Waals surface area contributed by atoms with Crippen molar-refractivity contribution in [3.05, 3.63) is 29.8 Å². The molecule has 2 amide bonds. The molecule has 5 nitrogen and oxygen atoms in total. The first-order valence-corrected chi connectivity index (χ1v) is 10.7. The van der Waals surface area contributed by atoms with E-state index >= 15 is 0 Å². The monoisotopic (exact) mass is 386 g/mol. The zero-order chi connectivity index (χ0) is 20.0. The van der Waals surface area contributed by atoms with E-state index in [0.29, 0.717) is 19.5 Å². The number of nitrogens with zero attached hydrogens (tertiary/aromatic N) is 1. The van der Waals surface area contributed by atoms with Gasteiger partial charge in [0.05, 0.1) is 12.5 Å². The van der Waals surface area contributed by atoms with Crippen LogP contribution >= 0.6 is 0 Å². The number of methoxy groups -OCH3 is 1. The van der Waals surface area contributed by atoms with E-state index in [1.807, 2.05) is 36.1 Å². The summed E-state index contributed by atoms with van der Waals surface area (Å²) in [7, 11) is 1.64. The number of hydrogen-bond donors (Lipinski definition) is 1. The first-order valence-electron chi connectivity index (χ1n) is 10.7. The molecule has 0 radical (unpaired) electrons. The third-order valence-electron chi connectivity index (χ3n) is 6.43. The van der Waals surface area contributed by atoms with Gasteiger partial charge in [-0.05, 0) is 49.8 Å². The molecule has 1 atom stereocenters. The highest BCUT2D eigenvalue weighted by Crippen LogP contribution is 2.32. The minimum Gasteiger partial charge on any atom is -0.497 e. The minimum absolute atomic E-state index is 0.0311. The zero-order valence-electron chi connectivity index (χ0n) is 17.3. The molecule has 1 N–H and O–H groups in total. The summed E-state index contributed by atoms with van der Waals surface area (Å²) < 4.78 is 5.24. The van der Waals surface area contributed by atoms with Crippen LogP contribution in [0.5, 0.6) is 5.75 Å². The summed E-state index contributed by atoms with van der Waals surface area (Å²) in [5.74, 6) is 1.77. The molecule has 154 valence electrons. The van der Waals surface area contributed by atoms with E-state index in [-0.39, 0.29) is 11.8 Å². The fourth-order valence-corrected chi connectivity index (χ4v) is 4.60. The lowest BCUT2D eigenvalue weighted by Gasteiger charge is -2.39. The van der Waals surface area contributed by atoms with Gasteiger partial charge in [-0.2, -0.15) is 0 Å². The predicted molar refractivity (Wildman–Crippen MR) is 110 cm³/mol. The maximum absolute atomic E-state index is 12.9. The second-order valence-electron chi connectivity index (χ2n) is 8.70. The van der Waals surface area contributed by atoms with Crippen molar-refractivity contribution >= 4 is 11.8 Å². The van der Waals surface area contributed by atoms with E-state index in [1.165, 1.54) is 25.7 Å². The third kappa shape index (κ3) is 5.27. The van der Waals surface area contributed by atoms with Gasteiger partial charge in [0.25, 0.3) is 0 Å². The van der Waals surface area contributed by atoms with E-state index in [9.17, 15) is 9.59 Å². The minimum atomic E-state index is -0.514. The Balaban J connectivity index is 1.51. The molecule has 1 aromatic rings. The lowest BCUT2D eigenvalue weighted by molar-refractivity contribution is -0.140. The number of ether oxygens (including phenoxy) is 1. The molecule has 0 spiro atoms. The number of amides is 2. The number of nitrogens with one attached hydrogen (secondary N) is 1. The van der Waals surface area contributed by atoms with Crippen LogP contribution in [0.1, 0.15) is 63.9 Å². The molecule has 2 aliphatic rings. The van der Waals surface area contributed by atoms with Gasteiger partial charge in [0.1, 0.15) is 5.75 Å². The second-order valence-corrected chi connectivity index (χ2v) is 8.70. The van der Waals surface area contributed by atoms with Crippen LogP contribution in [-0.4, -0.2) is 36.9 Å². The molecular formula is C23H34N2O3. The van der Waals surface area contributed by atoms with Gasteiger partial charge in [-0.25, -0.2) is 0 Å². The Labute approximate surface area is 168 Å². The van der Waals surface area contributed by atoms with Crippen molar-refractivity contribution < 1.29 is 14.3 Å². The van der Waals surface area contributed by atoms with Crippen LogP contribution in [0.2, 0.25) is 0 Å². The molecule has 0 bridgehead atoms. The van der Waals surface area contributed by atoms with Gasteiger partial charge >= 0.3 is 0 Å². The van der Waals surface area contributed by atoms with Crippen molar-refractivity contribution in [1.29, 1.82) is 0 Å². The molecule has 1 saturated heterocycles. The van der Waals surface area contributed by atoms with Crippen molar-refractivity contribution in [1.82, 2.24) is 10.2 Å². The van der Waals surface area contributed by atoms with Crippen molar-refractivity contribution in [2.24, 2.45) is 11.3 Å². The molecule has 1 aliphatic carbocycles. The fourth-order valence-electron chi connectivity index (χ4n) is 4.60. The first-order chi connectivity index (χ1) is 13.5. The highest BCUT2D eigenvalue weighted by molar-refractivity contribution is 5.84. The van der Waals surface area contributed by atoms with Crippen LogP contribution in [0, 0.1) is 11.3 Å². The van der Waals surface area contributed by atoms with Gasteiger partial charge in [-0.3, -0.25) is 9.59 Å². The Hall–Kier alpha value is -2.04. The zero-order valence-corrected chi connectivity index (χ0v) is 17.3. The van der Waals surface area contributed by atoms with Crippen LogP contribution < -0.4 is 10.1 Å². The highest BCUT2D eigenvalue weighted by atomic mass is 16.5. The topological polar surface area (TPSA) is 58.6 Å². The molecule has 0 unspecified atom stereocenters. The predicted octanol–water partition coefficient (Wildman–Crippen LogP) is 3.91. The maximum Gasteiger partial charge on any atom is 0.227 e. The van der Waals surface area contributed by atoms with Gasteiger partial charge in [-0.1, -0.05) is 37.8 Å².